The maximum absolute atomic E-state index is 5.86. The third-order valence-corrected chi connectivity index (χ3v) is 3.86. The second kappa shape index (κ2) is 3.28. The molecule has 0 bridgehead atoms. The molecular formula is C7H9ClNO2PS. The van der Waals surface area contributed by atoms with Crippen molar-refractivity contribution in [3.05, 3.63) is 23.4 Å². The van der Waals surface area contributed by atoms with Crippen molar-refractivity contribution < 1.29 is 9.05 Å². The molecule has 0 aliphatic carbocycles. The summed E-state index contributed by atoms with van der Waals surface area (Å²) in [5, 5.41) is 0. The molecule has 0 radical (unpaired) electrons. The van der Waals surface area contributed by atoms with Crippen molar-refractivity contribution in [3.63, 3.8) is 0 Å². The van der Waals surface area contributed by atoms with Gasteiger partial charge in [0.1, 0.15) is 0 Å². The number of nitrogens with zero attached hydrogens (tertiary/aromatic N) is 1. The van der Waals surface area contributed by atoms with Crippen LogP contribution >= 0.6 is 29.8 Å². The van der Waals surface area contributed by atoms with Crippen LogP contribution in [0, 0.1) is 6.92 Å². The third kappa shape index (κ3) is 2.08. The summed E-state index contributed by atoms with van der Waals surface area (Å²) in [5.41, 5.74) is 2.01. The first-order chi connectivity index (χ1) is 6.07. The molecule has 2 rings (SSSR count). The summed E-state index contributed by atoms with van der Waals surface area (Å²) < 4.78 is 10.6. The molecule has 0 amide bonds. The molecule has 0 saturated carbocycles. The number of aromatic nitrogens is 1. The molecule has 0 fully saturated rings. The molecular weight excluding hydrogens is 229 g/mol. The van der Waals surface area contributed by atoms with E-state index in [0.29, 0.717) is 12.5 Å². The Morgan fingerprint density at radius 1 is 1.69 bits per heavy atom. The number of hydrogen-bond donors (Lipinski definition) is 1. The summed E-state index contributed by atoms with van der Waals surface area (Å²) in [6.07, 6.45) is -1.02. The summed E-state index contributed by atoms with van der Waals surface area (Å²) in [6, 6.07) is 1.97. The predicted molar refractivity (Wildman–Crippen MR) is 57.5 cm³/mol. The van der Waals surface area contributed by atoms with Gasteiger partial charge in [0, 0.05) is 0 Å². The Bertz CT molecular complexity index is 347. The molecule has 6 heteroatoms. The molecule has 0 atom stereocenters. The Morgan fingerprint density at radius 3 is 3.23 bits per heavy atom. The van der Waals surface area contributed by atoms with Crippen LogP contribution in [-0.2, 0) is 11.1 Å². The van der Waals surface area contributed by atoms with E-state index in [-0.39, 0.29) is 0 Å². The quantitative estimate of drug-likeness (QED) is 0.556. The van der Waals surface area contributed by atoms with Crippen LogP contribution in [0.15, 0.2) is 12.3 Å². The zero-order valence-electron chi connectivity index (χ0n) is 6.95. The van der Waals surface area contributed by atoms with Crippen molar-refractivity contribution in [2.45, 2.75) is 13.5 Å². The average Bonchev–Trinajstić information content (AvgIpc) is 2.05. The van der Waals surface area contributed by atoms with Crippen LogP contribution in [-0.4, -0.2) is 4.98 Å². The predicted octanol–water partition coefficient (Wildman–Crippen LogP) is 2.88. The number of halogens is 1. The number of thiol groups is 1. The van der Waals surface area contributed by atoms with Crippen LogP contribution in [0.4, 0.5) is 0 Å². The zero-order valence-corrected chi connectivity index (χ0v) is 9.60. The van der Waals surface area contributed by atoms with Crippen LogP contribution in [0.1, 0.15) is 11.1 Å². The van der Waals surface area contributed by atoms with Crippen LogP contribution in [0.5, 0.6) is 5.88 Å². The molecule has 0 unspecified atom stereocenters. The summed E-state index contributed by atoms with van der Waals surface area (Å²) in [4.78, 5) is 4.11. The Kier molecular flexibility index (Phi) is 2.41. The zero-order chi connectivity index (χ0) is 9.47. The second-order valence-corrected chi connectivity index (χ2v) is 8.42. The fourth-order valence-corrected chi connectivity index (χ4v) is 2.78. The molecule has 1 aromatic heterocycles. The first kappa shape index (κ1) is 9.53. The van der Waals surface area contributed by atoms with E-state index in [2.05, 4.69) is 17.2 Å². The molecule has 0 saturated heterocycles. The van der Waals surface area contributed by atoms with E-state index in [1.54, 1.807) is 6.20 Å². The first-order valence-corrected chi connectivity index (χ1v) is 7.88. The van der Waals surface area contributed by atoms with Gasteiger partial charge in [-0.25, -0.2) is 0 Å². The molecule has 0 spiro atoms. The van der Waals surface area contributed by atoms with Crippen LogP contribution in [0.25, 0.3) is 0 Å². The average molecular weight is 238 g/mol. The maximum atomic E-state index is 5.86. The van der Waals surface area contributed by atoms with Gasteiger partial charge in [-0.3, -0.25) is 0 Å². The van der Waals surface area contributed by atoms with E-state index in [1.807, 2.05) is 13.0 Å². The van der Waals surface area contributed by atoms with Gasteiger partial charge in [0.15, 0.2) is 0 Å². The number of pyridine rings is 1. The van der Waals surface area contributed by atoms with E-state index >= 15 is 0 Å². The van der Waals surface area contributed by atoms with Crippen molar-refractivity contribution in [2.24, 2.45) is 0 Å². The Labute approximate surface area is 86.9 Å². The molecule has 0 aromatic carbocycles. The fourth-order valence-electron chi connectivity index (χ4n) is 1.13. The van der Waals surface area contributed by atoms with E-state index < -0.39 is 6.27 Å². The number of hydrogen-bond acceptors (Lipinski definition) is 4. The third-order valence-electron chi connectivity index (χ3n) is 1.69. The van der Waals surface area contributed by atoms with E-state index in [4.69, 9.17) is 20.3 Å². The van der Waals surface area contributed by atoms with Gasteiger partial charge in [-0.15, -0.1) is 0 Å². The standard InChI is InChI=1S/C7H9ClNO2PS/c1-5-2-6-4-10-12(8,13)11-7(6)9-3-5/h2-3,12-13H,4H2,1H3. The van der Waals surface area contributed by atoms with Gasteiger partial charge < -0.3 is 0 Å². The molecule has 1 aliphatic rings. The molecule has 1 aliphatic heterocycles. The molecule has 2 heterocycles. The molecule has 13 heavy (non-hydrogen) atoms. The van der Waals surface area contributed by atoms with Crippen LogP contribution < -0.4 is 4.52 Å². The number of fused-ring (bicyclic) bond motifs is 1. The number of rotatable bonds is 0. The van der Waals surface area contributed by atoms with Gasteiger partial charge in [-0.1, -0.05) is 0 Å². The Morgan fingerprint density at radius 2 is 2.46 bits per heavy atom. The van der Waals surface area contributed by atoms with Crippen molar-refractivity contribution in [1.29, 1.82) is 0 Å². The number of aryl methyl sites for hydroxylation is 1. The van der Waals surface area contributed by atoms with Crippen molar-refractivity contribution in [1.82, 2.24) is 4.98 Å². The SMILES string of the molecule is Cc1cnc2c(c1)CO[PH](S)(Cl)O2. The van der Waals surface area contributed by atoms with E-state index in [1.165, 1.54) is 0 Å². The van der Waals surface area contributed by atoms with Crippen molar-refractivity contribution >= 4 is 29.8 Å². The Hall–Kier alpha value is -0.0200. The van der Waals surface area contributed by atoms with Gasteiger partial charge >= 0.3 is 86.6 Å². The molecule has 0 N–H and O–H groups in total. The van der Waals surface area contributed by atoms with Crippen LogP contribution in [0.3, 0.4) is 0 Å². The van der Waals surface area contributed by atoms with E-state index in [9.17, 15) is 0 Å². The molecule has 3 nitrogen and oxygen atoms in total. The minimum absolute atomic E-state index is 0.434. The molecule has 72 valence electrons. The normalized spacial score (nSPS) is 21.5. The summed E-state index contributed by atoms with van der Waals surface area (Å²) in [7, 11) is 0. The van der Waals surface area contributed by atoms with Gasteiger partial charge in [-0.2, -0.15) is 0 Å². The van der Waals surface area contributed by atoms with Crippen LogP contribution in [0.2, 0.25) is 0 Å². The minimum atomic E-state index is -2.75. The van der Waals surface area contributed by atoms with Crippen molar-refractivity contribution in [3.8, 4) is 5.88 Å². The summed E-state index contributed by atoms with van der Waals surface area (Å²) in [6.45, 7) is 2.40. The first-order valence-electron chi connectivity index (χ1n) is 3.77. The van der Waals surface area contributed by atoms with Crippen molar-refractivity contribution in [2.75, 3.05) is 0 Å². The summed E-state index contributed by atoms with van der Waals surface area (Å²) in [5.74, 6) is 0.550. The van der Waals surface area contributed by atoms with Gasteiger partial charge in [0.05, 0.1) is 0 Å². The molecule has 1 aromatic rings. The second-order valence-electron chi connectivity index (χ2n) is 2.87. The van der Waals surface area contributed by atoms with Gasteiger partial charge in [0.25, 0.3) is 0 Å². The fraction of sp³-hybridized carbons (Fsp3) is 0.286. The summed E-state index contributed by atoms with van der Waals surface area (Å²) >= 11 is 9.95. The van der Waals surface area contributed by atoms with Gasteiger partial charge in [0.2, 0.25) is 0 Å². The Balaban J connectivity index is 2.37. The van der Waals surface area contributed by atoms with Gasteiger partial charge in [-0.05, 0) is 0 Å². The monoisotopic (exact) mass is 237 g/mol. The van der Waals surface area contributed by atoms with E-state index in [0.717, 1.165) is 11.1 Å². The topological polar surface area (TPSA) is 31.4 Å².